The molecule has 0 fully saturated rings. The molecule has 0 aromatic carbocycles. The van der Waals surface area contributed by atoms with Gasteiger partial charge >= 0.3 is 5.69 Å². The van der Waals surface area contributed by atoms with Crippen molar-refractivity contribution in [3.05, 3.63) is 64.3 Å². The van der Waals surface area contributed by atoms with E-state index in [1.165, 1.54) is 12.5 Å². The molecule has 0 spiro atoms. The Kier molecular flexibility index (Phi) is 4.43. The smallest absolute Gasteiger partial charge is 0.334 e. The van der Waals surface area contributed by atoms with E-state index in [1.807, 2.05) is 0 Å². The summed E-state index contributed by atoms with van der Waals surface area (Å²) in [6.45, 7) is 0. The summed E-state index contributed by atoms with van der Waals surface area (Å²) in [6, 6.07) is 6.53. The molecule has 9 nitrogen and oxygen atoms in total. The molecule has 0 bridgehead atoms. The zero-order valence-corrected chi connectivity index (χ0v) is 12.8. The molecule has 0 saturated heterocycles. The van der Waals surface area contributed by atoms with Gasteiger partial charge in [0, 0.05) is 24.3 Å². The number of anilines is 4. The molecule has 0 aliphatic heterocycles. The Labute approximate surface area is 140 Å². The van der Waals surface area contributed by atoms with Crippen LogP contribution in [0.5, 0.6) is 0 Å². The van der Waals surface area contributed by atoms with Gasteiger partial charge in [0.1, 0.15) is 12.1 Å². The Morgan fingerprint density at radius 2 is 1.71 bits per heavy atom. The van der Waals surface area contributed by atoms with Gasteiger partial charge in [0.15, 0.2) is 0 Å². The number of nitrogens with one attached hydrogen (secondary N) is 2. The second-order valence-electron chi connectivity index (χ2n) is 4.52. The summed E-state index contributed by atoms with van der Waals surface area (Å²) in [4.78, 5) is 26.7. The van der Waals surface area contributed by atoms with Crippen molar-refractivity contribution >= 4 is 40.4 Å². The minimum absolute atomic E-state index is 0.0152. The van der Waals surface area contributed by atoms with Gasteiger partial charge in [0.25, 0.3) is 0 Å². The fraction of sp³-hybridized carbons (Fsp3) is 0. The highest BCUT2D eigenvalue weighted by molar-refractivity contribution is 6.30. The molecule has 0 unspecified atom stereocenters. The van der Waals surface area contributed by atoms with Crippen LogP contribution in [0.1, 0.15) is 0 Å². The topological polar surface area (TPSA) is 119 Å². The van der Waals surface area contributed by atoms with Crippen LogP contribution in [-0.4, -0.2) is 24.9 Å². The second-order valence-corrected chi connectivity index (χ2v) is 4.96. The summed E-state index contributed by atoms with van der Waals surface area (Å²) in [5, 5.41) is 17.6. The van der Waals surface area contributed by atoms with Crippen LogP contribution >= 0.6 is 11.6 Å². The van der Waals surface area contributed by atoms with Crippen molar-refractivity contribution in [2.75, 3.05) is 10.6 Å². The third kappa shape index (κ3) is 3.52. The highest BCUT2D eigenvalue weighted by atomic mass is 35.5. The Morgan fingerprint density at radius 3 is 2.33 bits per heavy atom. The first kappa shape index (κ1) is 15.6. The minimum Gasteiger partial charge on any atom is -0.334 e. The summed E-state index contributed by atoms with van der Waals surface area (Å²) in [7, 11) is 0. The van der Waals surface area contributed by atoms with E-state index in [0.29, 0.717) is 16.5 Å². The molecule has 3 rings (SSSR count). The van der Waals surface area contributed by atoms with E-state index in [9.17, 15) is 10.1 Å². The van der Waals surface area contributed by atoms with Gasteiger partial charge in [-0.3, -0.25) is 15.1 Å². The first-order chi connectivity index (χ1) is 11.6. The highest BCUT2D eigenvalue weighted by Gasteiger charge is 2.23. The largest absolute Gasteiger partial charge is 0.353 e. The second kappa shape index (κ2) is 6.84. The molecule has 0 aliphatic rings. The van der Waals surface area contributed by atoms with Crippen molar-refractivity contribution in [3.63, 3.8) is 0 Å². The number of halogens is 1. The first-order valence-corrected chi connectivity index (χ1v) is 7.06. The molecule has 0 radical (unpaired) electrons. The zero-order valence-electron chi connectivity index (χ0n) is 12.0. The molecule has 120 valence electrons. The number of rotatable bonds is 5. The van der Waals surface area contributed by atoms with Gasteiger partial charge < -0.3 is 10.6 Å². The Morgan fingerprint density at radius 1 is 1.00 bits per heavy atom. The molecule has 0 aliphatic carbocycles. The van der Waals surface area contributed by atoms with Crippen molar-refractivity contribution in [1.82, 2.24) is 19.9 Å². The lowest BCUT2D eigenvalue weighted by Gasteiger charge is -2.09. The maximum atomic E-state index is 11.5. The van der Waals surface area contributed by atoms with Gasteiger partial charge in [0.05, 0.1) is 9.95 Å². The number of hydrogen-bond acceptors (Lipinski definition) is 8. The monoisotopic (exact) mass is 343 g/mol. The van der Waals surface area contributed by atoms with Crippen LogP contribution in [0, 0.1) is 10.1 Å². The van der Waals surface area contributed by atoms with Crippen LogP contribution in [0.15, 0.2) is 49.2 Å². The third-order valence-electron chi connectivity index (χ3n) is 2.92. The maximum absolute atomic E-state index is 11.5. The highest BCUT2D eigenvalue weighted by Crippen LogP contribution is 2.32. The van der Waals surface area contributed by atoms with Gasteiger partial charge in [-0.2, -0.15) is 0 Å². The van der Waals surface area contributed by atoms with Gasteiger partial charge in [-0.25, -0.2) is 15.0 Å². The lowest BCUT2D eigenvalue weighted by Crippen LogP contribution is -2.06. The van der Waals surface area contributed by atoms with Gasteiger partial charge in [0.2, 0.25) is 11.6 Å². The maximum Gasteiger partial charge on any atom is 0.353 e. The number of pyridine rings is 2. The first-order valence-electron chi connectivity index (χ1n) is 6.68. The predicted octanol–water partition coefficient (Wildman–Crippen LogP) is 3.32. The number of nitrogens with zero attached hydrogens (tertiary/aromatic N) is 5. The molecular weight excluding hydrogens is 334 g/mol. The van der Waals surface area contributed by atoms with E-state index in [1.54, 1.807) is 36.7 Å². The van der Waals surface area contributed by atoms with Crippen molar-refractivity contribution in [3.8, 4) is 0 Å². The van der Waals surface area contributed by atoms with E-state index in [4.69, 9.17) is 11.6 Å². The van der Waals surface area contributed by atoms with E-state index >= 15 is 0 Å². The summed E-state index contributed by atoms with van der Waals surface area (Å²) in [5.41, 5.74) is 0.313. The summed E-state index contributed by atoms with van der Waals surface area (Å²) in [5.74, 6) is 0.440. The van der Waals surface area contributed by atoms with Crippen LogP contribution in [0.2, 0.25) is 5.02 Å². The fourth-order valence-electron chi connectivity index (χ4n) is 1.88. The van der Waals surface area contributed by atoms with Crippen molar-refractivity contribution in [2.45, 2.75) is 0 Å². The molecule has 0 atom stereocenters. The predicted molar refractivity (Wildman–Crippen MR) is 88.7 cm³/mol. The van der Waals surface area contributed by atoms with Gasteiger partial charge in [-0.1, -0.05) is 11.6 Å². The average Bonchev–Trinajstić information content (AvgIpc) is 2.58. The van der Waals surface area contributed by atoms with Crippen LogP contribution in [0.25, 0.3) is 0 Å². The van der Waals surface area contributed by atoms with E-state index in [2.05, 4.69) is 30.6 Å². The quantitative estimate of drug-likeness (QED) is 0.535. The van der Waals surface area contributed by atoms with Crippen LogP contribution in [0.4, 0.5) is 28.8 Å². The molecule has 0 saturated carbocycles. The van der Waals surface area contributed by atoms with Gasteiger partial charge in [-0.15, -0.1) is 0 Å². The Balaban J connectivity index is 1.96. The van der Waals surface area contributed by atoms with E-state index in [0.717, 1.165) is 0 Å². The Hall–Kier alpha value is -3.33. The molecule has 2 N–H and O–H groups in total. The average molecular weight is 344 g/mol. The van der Waals surface area contributed by atoms with E-state index < -0.39 is 4.92 Å². The van der Waals surface area contributed by atoms with Crippen LogP contribution < -0.4 is 10.6 Å². The lowest BCUT2D eigenvalue weighted by atomic mass is 10.3. The van der Waals surface area contributed by atoms with Crippen molar-refractivity contribution in [1.29, 1.82) is 0 Å². The SMILES string of the molecule is O=[N+]([O-])c1c(Nc2ccncc2)ncnc1Nc1ccc(Cl)cn1. The lowest BCUT2D eigenvalue weighted by molar-refractivity contribution is -0.383. The molecule has 0 amide bonds. The van der Waals surface area contributed by atoms with Gasteiger partial charge in [-0.05, 0) is 24.3 Å². The summed E-state index contributed by atoms with van der Waals surface area (Å²) >= 11 is 5.77. The molecule has 3 aromatic heterocycles. The third-order valence-corrected chi connectivity index (χ3v) is 3.15. The summed E-state index contributed by atoms with van der Waals surface area (Å²) < 4.78 is 0. The number of nitro groups is 1. The van der Waals surface area contributed by atoms with E-state index in [-0.39, 0.29) is 17.3 Å². The van der Waals surface area contributed by atoms with Crippen LogP contribution in [0.3, 0.4) is 0 Å². The Bertz CT molecular complexity index is 859. The molecule has 3 heterocycles. The zero-order chi connectivity index (χ0) is 16.9. The van der Waals surface area contributed by atoms with Crippen molar-refractivity contribution in [2.24, 2.45) is 0 Å². The fourth-order valence-corrected chi connectivity index (χ4v) is 1.99. The number of hydrogen-bond donors (Lipinski definition) is 2. The van der Waals surface area contributed by atoms with Crippen LogP contribution in [-0.2, 0) is 0 Å². The minimum atomic E-state index is -0.568. The molecule has 3 aromatic rings. The molecule has 10 heteroatoms. The summed E-state index contributed by atoms with van der Waals surface area (Å²) in [6.07, 6.45) is 5.76. The molecular formula is C14H10ClN7O2. The molecule has 24 heavy (non-hydrogen) atoms. The standard InChI is InChI=1S/C14H10ClN7O2/c15-9-1-2-11(17-7-9)21-14-12(22(23)24)13(18-8-19-14)20-10-3-5-16-6-4-10/h1-8H,(H2,16,17,18,19,20,21). The normalized spacial score (nSPS) is 10.2. The van der Waals surface area contributed by atoms with Crippen molar-refractivity contribution < 1.29 is 4.92 Å². The number of aromatic nitrogens is 4.